The smallest absolute Gasteiger partial charge is 0.271 e. The summed E-state index contributed by atoms with van der Waals surface area (Å²) in [7, 11) is -3.53. The van der Waals surface area contributed by atoms with Gasteiger partial charge in [0.15, 0.2) is 5.17 Å². The maximum absolute atomic E-state index is 12.5. The van der Waals surface area contributed by atoms with Crippen molar-refractivity contribution in [3.05, 3.63) is 41.3 Å². The lowest BCUT2D eigenvalue weighted by molar-refractivity contribution is 0.444. The van der Waals surface area contributed by atoms with E-state index in [0.717, 1.165) is 22.8 Å². The molecule has 1 aliphatic heterocycles. The minimum atomic E-state index is -3.53. The summed E-state index contributed by atoms with van der Waals surface area (Å²) >= 11 is 2.99. The van der Waals surface area contributed by atoms with E-state index in [1.54, 1.807) is 29.3 Å². The summed E-state index contributed by atoms with van der Waals surface area (Å²) in [5.41, 5.74) is 2.73. The van der Waals surface area contributed by atoms with Crippen molar-refractivity contribution in [3.63, 3.8) is 0 Å². The molecule has 150 valence electrons. The van der Waals surface area contributed by atoms with Gasteiger partial charge in [0.1, 0.15) is 4.21 Å². The molecular formula is C20H25N3O2S3. The maximum atomic E-state index is 12.5. The molecule has 1 aromatic heterocycles. The fraction of sp³-hybridized carbons (Fsp3) is 0.450. The first-order valence-corrected chi connectivity index (χ1v) is 12.9. The number of hydrogen-bond donors (Lipinski definition) is 2. The van der Waals surface area contributed by atoms with Crippen molar-refractivity contribution in [2.45, 2.75) is 60.9 Å². The molecule has 1 aliphatic carbocycles. The molecule has 28 heavy (non-hydrogen) atoms. The van der Waals surface area contributed by atoms with Gasteiger partial charge in [0.05, 0.1) is 6.04 Å². The van der Waals surface area contributed by atoms with E-state index in [9.17, 15) is 8.42 Å². The van der Waals surface area contributed by atoms with Crippen LogP contribution < -0.4 is 10.0 Å². The number of thioether (sulfide) groups is 1. The predicted molar refractivity (Wildman–Crippen MR) is 120 cm³/mol. The van der Waals surface area contributed by atoms with E-state index in [1.807, 2.05) is 18.2 Å². The lowest BCUT2D eigenvalue weighted by atomic mass is 9.96. The van der Waals surface area contributed by atoms with Crippen LogP contribution in [0.5, 0.6) is 0 Å². The number of benzene rings is 1. The van der Waals surface area contributed by atoms with E-state index in [-0.39, 0.29) is 0 Å². The number of nitrogens with one attached hydrogen (secondary N) is 2. The second-order valence-corrected chi connectivity index (χ2v) is 11.7. The molecule has 0 bridgehead atoms. The highest BCUT2D eigenvalue weighted by Gasteiger charge is 2.22. The molecule has 1 saturated carbocycles. The third-order valence-corrected chi connectivity index (χ3v) is 8.83. The van der Waals surface area contributed by atoms with Gasteiger partial charge >= 0.3 is 0 Å². The monoisotopic (exact) mass is 435 g/mol. The van der Waals surface area contributed by atoms with Gasteiger partial charge in [-0.2, -0.15) is 0 Å². The highest BCUT2D eigenvalue weighted by molar-refractivity contribution is 8.14. The Morgan fingerprint density at radius 3 is 2.75 bits per heavy atom. The van der Waals surface area contributed by atoms with Crippen LogP contribution in [0, 0.1) is 0 Å². The second-order valence-electron chi connectivity index (χ2n) is 7.39. The van der Waals surface area contributed by atoms with E-state index in [4.69, 9.17) is 4.99 Å². The van der Waals surface area contributed by atoms with Gasteiger partial charge in [0.25, 0.3) is 10.0 Å². The summed E-state index contributed by atoms with van der Waals surface area (Å²) < 4.78 is 28.0. The van der Waals surface area contributed by atoms with Crippen molar-refractivity contribution in [2.24, 2.45) is 4.99 Å². The number of nitrogens with zero attached hydrogens (tertiary/aromatic N) is 1. The Kier molecular flexibility index (Phi) is 5.99. The Hall–Kier alpha value is -1.51. The topological polar surface area (TPSA) is 70.6 Å². The van der Waals surface area contributed by atoms with Crippen LogP contribution in [0.1, 0.15) is 44.6 Å². The summed E-state index contributed by atoms with van der Waals surface area (Å²) in [6, 6.07) is 9.49. The third-order valence-electron chi connectivity index (χ3n) is 5.05. The van der Waals surface area contributed by atoms with Gasteiger partial charge in [-0.05, 0) is 54.5 Å². The maximum Gasteiger partial charge on any atom is 0.271 e. The van der Waals surface area contributed by atoms with E-state index < -0.39 is 10.0 Å². The van der Waals surface area contributed by atoms with Crippen LogP contribution >= 0.6 is 23.1 Å². The lowest BCUT2D eigenvalue weighted by Gasteiger charge is -2.19. The molecule has 0 spiro atoms. The molecule has 2 N–H and O–H groups in total. The van der Waals surface area contributed by atoms with Gasteiger partial charge in [-0.15, -0.1) is 11.3 Å². The summed E-state index contributed by atoms with van der Waals surface area (Å²) in [6.45, 7) is 2.19. The normalized spacial score (nSPS) is 22.3. The third kappa shape index (κ3) is 4.72. The summed E-state index contributed by atoms with van der Waals surface area (Å²) in [5, 5.41) is 6.62. The molecule has 0 radical (unpaired) electrons. The summed E-state index contributed by atoms with van der Waals surface area (Å²) in [6.07, 6.45) is 7.08. The van der Waals surface area contributed by atoms with Crippen LogP contribution in [0.2, 0.25) is 0 Å². The molecule has 8 heteroatoms. The van der Waals surface area contributed by atoms with Gasteiger partial charge in [-0.1, -0.05) is 44.0 Å². The van der Waals surface area contributed by atoms with Crippen LogP contribution in [0.3, 0.4) is 0 Å². The van der Waals surface area contributed by atoms with E-state index in [0.29, 0.717) is 21.2 Å². The number of thiophene rings is 1. The van der Waals surface area contributed by atoms with Gasteiger partial charge in [0, 0.05) is 16.6 Å². The number of aliphatic imine (C=N–C) groups is 1. The van der Waals surface area contributed by atoms with Crippen molar-refractivity contribution < 1.29 is 8.42 Å². The fourth-order valence-electron chi connectivity index (χ4n) is 3.70. The van der Waals surface area contributed by atoms with Gasteiger partial charge in [-0.3, -0.25) is 9.71 Å². The fourth-order valence-corrected chi connectivity index (χ4v) is 6.76. The molecule has 1 fully saturated rings. The van der Waals surface area contributed by atoms with Gasteiger partial charge in [0.2, 0.25) is 0 Å². The zero-order valence-electron chi connectivity index (χ0n) is 15.8. The Balaban J connectivity index is 1.55. The minimum absolute atomic E-state index is 0.325. The molecule has 2 aromatic rings. The molecule has 1 unspecified atom stereocenters. The van der Waals surface area contributed by atoms with E-state index >= 15 is 0 Å². The first-order valence-electron chi connectivity index (χ1n) is 9.70. The predicted octanol–water partition coefficient (Wildman–Crippen LogP) is 5.33. The van der Waals surface area contributed by atoms with Gasteiger partial charge < -0.3 is 5.32 Å². The van der Waals surface area contributed by atoms with Gasteiger partial charge in [-0.25, -0.2) is 8.42 Å². The lowest BCUT2D eigenvalue weighted by Crippen LogP contribution is -2.16. The number of hydrogen-bond acceptors (Lipinski definition) is 5. The van der Waals surface area contributed by atoms with Crippen molar-refractivity contribution in [1.29, 1.82) is 0 Å². The first kappa shape index (κ1) is 19.8. The van der Waals surface area contributed by atoms with Crippen LogP contribution in [0.4, 0.5) is 11.4 Å². The number of amidine groups is 1. The van der Waals surface area contributed by atoms with Crippen LogP contribution in [-0.4, -0.2) is 24.9 Å². The van der Waals surface area contributed by atoms with Crippen molar-refractivity contribution >= 4 is 49.7 Å². The van der Waals surface area contributed by atoms with Crippen LogP contribution in [0.25, 0.3) is 0 Å². The zero-order valence-corrected chi connectivity index (χ0v) is 18.3. The SMILES string of the molecule is CC1Cc2cc(NS(=O)(=O)c3cccs3)ccc2NC(=NC2CCCCC2)S1. The molecule has 0 saturated heterocycles. The Labute approximate surface area is 175 Å². The molecule has 5 nitrogen and oxygen atoms in total. The summed E-state index contributed by atoms with van der Waals surface area (Å²) in [5.74, 6) is 0. The average molecular weight is 436 g/mol. The minimum Gasteiger partial charge on any atom is -0.335 e. The molecule has 0 amide bonds. The Bertz CT molecular complexity index is 949. The second kappa shape index (κ2) is 8.47. The number of sulfonamides is 1. The summed E-state index contributed by atoms with van der Waals surface area (Å²) in [4.78, 5) is 4.98. The highest BCUT2D eigenvalue weighted by Crippen LogP contribution is 2.32. The number of anilines is 2. The molecule has 2 heterocycles. The molecule has 1 atom stereocenters. The van der Waals surface area contributed by atoms with Crippen molar-refractivity contribution in [1.82, 2.24) is 0 Å². The zero-order chi connectivity index (χ0) is 19.6. The standard InChI is InChI=1S/C20H25N3O2S3/c1-14-12-15-13-17(23-28(24,25)19-8-5-11-26-19)9-10-18(15)22-20(27-14)21-16-6-3-2-4-7-16/h5,8-11,13-14,16,23H,2-4,6-7,12H2,1H3,(H,21,22). The number of rotatable bonds is 4. The molecule has 2 aliphatic rings. The average Bonchev–Trinajstić information content (AvgIpc) is 3.15. The molecule has 1 aromatic carbocycles. The van der Waals surface area contributed by atoms with Crippen molar-refractivity contribution in [3.8, 4) is 0 Å². The van der Waals surface area contributed by atoms with Crippen LogP contribution in [0.15, 0.2) is 44.9 Å². The molecular weight excluding hydrogens is 410 g/mol. The van der Waals surface area contributed by atoms with Crippen molar-refractivity contribution in [2.75, 3.05) is 10.0 Å². The Morgan fingerprint density at radius 1 is 1.18 bits per heavy atom. The highest BCUT2D eigenvalue weighted by atomic mass is 32.2. The quantitative estimate of drug-likeness (QED) is 0.681. The first-order chi connectivity index (χ1) is 13.5. The van der Waals surface area contributed by atoms with E-state index in [1.165, 1.54) is 43.4 Å². The molecule has 4 rings (SSSR count). The Morgan fingerprint density at radius 2 is 2.00 bits per heavy atom. The van der Waals surface area contributed by atoms with Crippen LogP contribution in [-0.2, 0) is 16.4 Å². The largest absolute Gasteiger partial charge is 0.335 e. The number of fused-ring (bicyclic) bond motifs is 1. The van der Waals surface area contributed by atoms with E-state index in [2.05, 4.69) is 17.0 Å².